The van der Waals surface area contributed by atoms with E-state index in [1.807, 2.05) is 0 Å². The van der Waals surface area contributed by atoms with Gasteiger partial charge in [0.15, 0.2) is 5.17 Å². The highest BCUT2D eigenvalue weighted by atomic mass is 32.2. The number of carbonyl (C=O) groups is 2. The Labute approximate surface area is 170 Å². The molecule has 150 valence electrons. The molecule has 0 spiro atoms. The first kappa shape index (κ1) is 20.3. The molecule has 2 aromatic carbocycles. The van der Waals surface area contributed by atoms with Crippen molar-refractivity contribution in [3.05, 3.63) is 58.1 Å². The summed E-state index contributed by atoms with van der Waals surface area (Å²) in [6.45, 7) is 1.72. The van der Waals surface area contributed by atoms with Gasteiger partial charge in [-0.2, -0.15) is 0 Å². The van der Waals surface area contributed by atoms with Crippen LogP contribution in [0.15, 0.2) is 47.5 Å². The van der Waals surface area contributed by atoms with Gasteiger partial charge in [0, 0.05) is 18.6 Å². The van der Waals surface area contributed by atoms with Crippen LogP contribution in [0.3, 0.4) is 0 Å². The molecule has 0 aromatic heterocycles. The Morgan fingerprint density at radius 2 is 2.14 bits per heavy atom. The van der Waals surface area contributed by atoms with E-state index in [0.29, 0.717) is 22.2 Å². The van der Waals surface area contributed by atoms with Crippen molar-refractivity contribution in [1.82, 2.24) is 5.32 Å². The lowest BCUT2D eigenvalue weighted by atomic mass is 10.2. The molecule has 0 bridgehead atoms. The van der Waals surface area contributed by atoms with Crippen molar-refractivity contribution in [2.24, 2.45) is 4.99 Å². The van der Waals surface area contributed by atoms with E-state index in [4.69, 9.17) is 4.74 Å². The van der Waals surface area contributed by atoms with Crippen molar-refractivity contribution in [1.29, 1.82) is 0 Å². The number of methoxy groups -OCH3 is 1. The summed E-state index contributed by atoms with van der Waals surface area (Å²) >= 11 is 1.13. The van der Waals surface area contributed by atoms with Crippen LogP contribution < -0.4 is 15.4 Å². The number of benzene rings is 2. The topological polar surface area (TPSA) is 123 Å². The van der Waals surface area contributed by atoms with E-state index >= 15 is 0 Å². The SMILES string of the molecule is COc1cccc(N=C2NC(=O)[C@@H](CC(=O)Nc3ccc(C)cc3[N+](=O)[O-])S2)c1. The lowest BCUT2D eigenvalue weighted by Crippen LogP contribution is -2.28. The van der Waals surface area contributed by atoms with Gasteiger partial charge in [0.1, 0.15) is 16.7 Å². The summed E-state index contributed by atoms with van der Waals surface area (Å²) in [7, 11) is 1.55. The van der Waals surface area contributed by atoms with Crippen molar-refractivity contribution in [3.63, 3.8) is 0 Å². The first-order valence-corrected chi connectivity index (χ1v) is 9.49. The number of nitro benzene ring substituents is 1. The second-order valence-corrected chi connectivity index (χ2v) is 7.44. The zero-order valence-electron chi connectivity index (χ0n) is 15.7. The zero-order chi connectivity index (χ0) is 21.0. The molecule has 2 N–H and O–H groups in total. The minimum Gasteiger partial charge on any atom is -0.497 e. The fourth-order valence-electron chi connectivity index (χ4n) is 2.66. The summed E-state index contributed by atoms with van der Waals surface area (Å²) in [6, 6.07) is 11.6. The van der Waals surface area contributed by atoms with Gasteiger partial charge in [0.2, 0.25) is 11.8 Å². The average molecular weight is 414 g/mol. The summed E-state index contributed by atoms with van der Waals surface area (Å²) in [4.78, 5) is 39.5. The molecule has 1 fully saturated rings. The van der Waals surface area contributed by atoms with Crippen LogP contribution in [0.2, 0.25) is 0 Å². The Balaban J connectivity index is 1.66. The van der Waals surface area contributed by atoms with E-state index < -0.39 is 16.1 Å². The number of thioether (sulfide) groups is 1. The largest absolute Gasteiger partial charge is 0.497 e. The number of aryl methyl sites for hydroxylation is 1. The molecule has 2 aromatic rings. The fraction of sp³-hybridized carbons (Fsp3) is 0.211. The molecule has 0 aliphatic carbocycles. The van der Waals surface area contributed by atoms with Crippen molar-refractivity contribution in [2.75, 3.05) is 12.4 Å². The second-order valence-electron chi connectivity index (χ2n) is 6.24. The lowest BCUT2D eigenvalue weighted by molar-refractivity contribution is -0.384. The quantitative estimate of drug-likeness (QED) is 0.553. The van der Waals surface area contributed by atoms with Crippen LogP contribution in [0.25, 0.3) is 0 Å². The van der Waals surface area contributed by atoms with Crippen LogP contribution >= 0.6 is 11.8 Å². The van der Waals surface area contributed by atoms with Gasteiger partial charge in [-0.25, -0.2) is 4.99 Å². The number of nitro groups is 1. The van der Waals surface area contributed by atoms with Gasteiger partial charge in [-0.3, -0.25) is 19.7 Å². The van der Waals surface area contributed by atoms with Crippen LogP contribution in [0.4, 0.5) is 17.1 Å². The number of hydrogen-bond acceptors (Lipinski definition) is 7. The van der Waals surface area contributed by atoms with E-state index in [1.165, 1.54) is 12.1 Å². The van der Waals surface area contributed by atoms with E-state index in [2.05, 4.69) is 15.6 Å². The summed E-state index contributed by atoms with van der Waals surface area (Å²) in [5, 5.41) is 16.0. The first-order valence-electron chi connectivity index (χ1n) is 8.61. The monoisotopic (exact) mass is 414 g/mol. The van der Waals surface area contributed by atoms with Crippen molar-refractivity contribution in [3.8, 4) is 5.75 Å². The maximum absolute atomic E-state index is 12.3. The predicted octanol–water partition coefficient (Wildman–Crippen LogP) is 3.16. The van der Waals surface area contributed by atoms with Crippen LogP contribution in [0.1, 0.15) is 12.0 Å². The molecule has 0 saturated carbocycles. The van der Waals surface area contributed by atoms with Crippen molar-refractivity contribution >= 4 is 45.8 Å². The Morgan fingerprint density at radius 3 is 2.86 bits per heavy atom. The molecular weight excluding hydrogens is 396 g/mol. The van der Waals surface area contributed by atoms with E-state index in [0.717, 1.165) is 11.8 Å². The number of amides is 2. The molecule has 0 unspecified atom stereocenters. The molecule has 9 nitrogen and oxygen atoms in total. The highest BCUT2D eigenvalue weighted by Crippen LogP contribution is 2.29. The van der Waals surface area contributed by atoms with Crippen LogP contribution in [-0.2, 0) is 9.59 Å². The van der Waals surface area contributed by atoms with Gasteiger partial charge in [-0.1, -0.05) is 23.9 Å². The number of aliphatic imine (C=N–C) groups is 1. The minimum atomic E-state index is -0.677. The van der Waals surface area contributed by atoms with Gasteiger partial charge in [0.25, 0.3) is 5.69 Å². The third-order valence-electron chi connectivity index (χ3n) is 4.06. The molecule has 0 radical (unpaired) electrons. The highest BCUT2D eigenvalue weighted by molar-refractivity contribution is 8.15. The number of nitrogens with zero attached hydrogens (tertiary/aromatic N) is 2. The van der Waals surface area contributed by atoms with Crippen molar-refractivity contribution < 1.29 is 19.2 Å². The zero-order valence-corrected chi connectivity index (χ0v) is 16.5. The van der Waals surface area contributed by atoms with Crippen LogP contribution in [0, 0.1) is 17.0 Å². The number of rotatable bonds is 6. The Hall–Kier alpha value is -3.40. The van der Waals surface area contributed by atoms with E-state index in [1.54, 1.807) is 44.4 Å². The molecule has 1 aliphatic heterocycles. The van der Waals surface area contributed by atoms with Crippen LogP contribution in [0.5, 0.6) is 5.75 Å². The normalized spacial score (nSPS) is 17.1. The van der Waals surface area contributed by atoms with Crippen molar-refractivity contribution in [2.45, 2.75) is 18.6 Å². The number of nitrogens with one attached hydrogen (secondary N) is 2. The van der Waals surface area contributed by atoms with Crippen LogP contribution in [-0.4, -0.2) is 34.3 Å². The molecule has 10 heteroatoms. The molecule has 1 aliphatic rings. The van der Waals surface area contributed by atoms with E-state index in [-0.39, 0.29) is 23.7 Å². The number of hydrogen-bond donors (Lipinski definition) is 2. The summed E-state index contributed by atoms with van der Waals surface area (Å²) < 4.78 is 5.14. The highest BCUT2D eigenvalue weighted by Gasteiger charge is 2.32. The lowest BCUT2D eigenvalue weighted by Gasteiger charge is -2.08. The van der Waals surface area contributed by atoms with Gasteiger partial charge in [0.05, 0.1) is 17.7 Å². The van der Waals surface area contributed by atoms with Gasteiger partial charge >= 0.3 is 0 Å². The summed E-state index contributed by atoms with van der Waals surface area (Å²) in [6.07, 6.45) is -0.140. The maximum Gasteiger partial charge on any atom is 0.293 e. The molecule has 1 saturated heterocycles. The molecule has 1 atom stereocenters. The smallest absolute Gasteiger partial charge is 0.293 e. The molecule has 1 heterocycles. The third-order valence-corrected chi connectivity index (χ3v) is 5.14. The fourth-order valence-corrected chi connectivity index (χ4v) is 3.65. The maximum atomic E-state index is 12.3. The number of anilines is 1. The second kappa shape index (κ2) is 8.74. The molecule has 29 heavy (non-hydrogen) atoms. The Bertz CT molecular complexity index is 1010. The third kappa shape index (κ3) is 5.11. The van der Waals surface area contributed by atoms with Gasteiger partial charge < -0.3 is 15.4 Å². The Kier molecular flexibility index (Phi) is 6.13. The Morgan fingerprint density at radius 1 is 1.34 bits per heavy atom. The van der Waals surface area contributed by atoms with E-state index in [9.17, 15) is 19.7 Å². The first-order chi connectivity index (χ1) is 13.9. The average Bonchev–Trinajstić information content (AvgIpc) is 3.01. The predicted molar refractivity (Wildman–Crippen MR) is 111 cm³/mol. The number of amidine groups is 1. The van der Waals surface area contributed by atoms with Gasteiger partial charge in [-0.05, 0) is 30.7 Å². The molecule has 3 rings (SSSR count). The molecule has 2 amide bonds. The number of carbonyl (C=O) groups excluding carboxylic acids is 2. The summed E-state index contributed by atoms with van der Waals surface area (Å²) in [5.74, 6) is -0.200. The minimum absolute atomic E-state index is 0.0966. The van der Waals surface area contributed by atoms with Gasteiger partial charge in [-0.15, -0.1) is 0 Å². The molecular formula is C19H18N4O5S. The summed E-state index contributed by atoms with van der Waals surface area (Å²) in [5.41, 5.74) is 1.22. The number of ether oxygens (including phenoxy) is 1. The standard InChI is InChI=1S/C19H18N4O5S/c1-11-6-7-14(15(8-11)23(26)27)21-17(24)10-16-18(25)22-19(29-16)20-12-4-3-5-13(9-12)28-2/h3-9,16H,10H2,1-2H3,(H,21,24)(H,20,22,25)/t16-/m1/s1.